The van der Waals surface area contributed by atoms with Crippen molar-refractivity contribution in [1.82, 2.24) is 0 Å². The van der Waals surface area contributed by atoms with Gasteiger partial charge in [-0.25, -0.2) is 0 Å². The van der Waals surface area contributed by atoms with Gasteiger partial charge in [-0.15, -0.1) is 0 Å². The molecule has 0 radical (unpaired) electrons. The van der Waals surface area contributed by atoms with Crippen LogP contribution in [0.15, 0.2) is 11.6 Å². The Morgan fingerprint density at radius 1 is 1.23 bits per heavy atom. The number of aliphatic hydroxyl groups excluding tert-OH is 1. The predicted octanol–water partition coefficient (Wildman–Crippen LogP) is 2.87. The highest BCUT2D eigenvalue weighted by molar-refractivity contribution is 5.92. The molecule has 4 aliphatic carbocycles. The van der Waals surface area contributed by atoms with Crippen LogP contribution in [0.3, 0.4) is 0 Å². The van der Waals surface area contributed by atoms with Crippen molar-refractivity contribution < 1.29 is 14.6 Å². The molecular weight excluding hydrogens is 276 g/mol. The fraction of sp³-hybridized carbons (Fsp3) is 0.842. The van der Waals surface area contributed by atoms with Crippen molar-refractivity contribution in [2.24, 2.45) is 28.6 Å². The zero-order valence-electron chi connectivity index (χ0n) is 13.4. The van der Waals surface area contributed by atoms with E-state index in [1.807, 2.05) is 6.08 Å². The summed E-state index contributed by atoms with van der Waals surface area (Å²) in [5.74, 6) is 2.32. The largest absolute Gasteiger partial charge is 0.393 e. The Morgan fingerprint density at radius 2 is 2.09 bits per heavy atom. The Morgan fingerprint density at radius 3 is 2.95 bits per heavy atom. The van der Waals surface area contributed by atoms with E-state index < -0.39 is 0 Å². The van der Waals surface area contributed by atoms with Crippen molar-refractivity contribution in [3.63, 3.8) is 0 Å². The third kappa shape index (κ3) is 1.48. The van der Waals surface area contributed by atoms with Crippen LogP contribution in [-0.2, 0) is 9.53 Å². The van der Waals surface area contributed by atoms with E-state index in [0.29, 0.717) is 30.0 Å². The van der Waals surface area contributed by atoms with Crippen LogP contribution < -0.4 is 0 Å². The minimum Gasteiger partial charge on any atom is -0.393 e. The zero-order valence-corrected chi connectivity index (χ0v) is 13.4. The lowest BCUT2D eigenvalue weighted by Crippen LogP contribution is -2.53. The summed E-state index contributed by atoms with van der Waals surface area (Å²) in [6.45, 7) is 3.16. The fourth-order valence-electron chi connectivity index (χ4n) is 7.01. The molecule has 0 aromatic carbocycles. The Labute approximate surface area is 132 Å². The van der Waals surface area contributed by atoms with E-state index in [1.54, 1.807) is 0 Å². The van der Waals surface area contributed by atoms with Crippen LogP contribution in [0.5, 0.6) is 0 Å². The lowest BCUT2D eigenvalue weighted by atomic mass is 9.47. The molecule has 0 aromatic rings. The van der Waals surface area contributed by atoms with Gasteiger partial charge < -0.3 is 9.84 Å². The second-order valence-electron chi connectivity index (χ2n) is 8.77. The maximum absolute atomic E-state index is 11.9. The van der Waals surface area contributed by atoms with E-state index in [4.69, 9.17) is 4.74 Å². The quantitative estimate of drug-likeness (QED) is 0.748. The van der Waals surface area contributed by atoms with Crippen LogP contribution in [0, 0.1) is 28.6 Å². The van der Waals surface area contributed by atoms with Crippen LogP contribution in [0.25, 0.3) is 0 Å². The maximum Gasteiger partial charge on any atom is 0.155 e. The molecule has 1 N–H and O–H groups in total. The van der Waals surface area contributed by atoms with Gasteiger partial charge in [-0.05, 0) is 73.3 Å². The Bertz CT molecular complexity index is 567. The summed E-state index contributed by atoms with van der Waals surface area (Å²) in [5.41, 5.74) is 1.63. The van der Waals surface area contributed by atoms with Gasteiger partial charge in [0.05, 0.1) is 18.8 Å². The molecule has 7 atom stereocenters. The molecule has 5 aliphatic rings. The molecule has 120 valence electrons. The molecule has 2 bridgehead atoms. The number of hydrogen-bond acceptors (Lipinski definition) is 3. The third-order valence-corrected chi connectivity index (χ3v) is 8.18. The van der Waals surface area contributed by atoms with Gasteiger partial charge in [0, 0.05) is 11.8 Å². The van der Waals surface area contributed by atoms with Crippen LogP contribution in [0.1, 0.15) is 51.9 Å². The molecule has 0 spiro atoms. The second kappa shape index (κ2) is 4.24. The first-order chi connectivity index (χ1) is 10.5. The summed E-state index contributed by atoms with van der Waals surface area (Å²) in [4.78, 5) is 11.9. The van der Waals surface area contributed by atoms with Crippen molar-refractivity contribution in [2.75, 3.05) is 6.61 Å². The zero-order chi connectivity index (χ0) is 15.1. The minimum absolute atomic E-state index is 0.112. The van der Waals surface area contributed by atoms with E-state index in [-0.39, 0.29) is 23.0 Å². The first kappa shape index (κ1) is 13.7. The summed E-state index contributed by atoms with van der Waals surface area (Å²) >= 11 is 0. The Hall–Kier alpha value is -0.670. The molecule has 4 fully saturated rings. The number of carbonyl (C=O) groups excluding carboxylic acids is 1. The van der Waals surface area contributed by atoms with Crippen LogP contribution in [-0.4, -0.2) is 29.7 Å². The van der Waals surface area contributed by atoms with Crippen molar-refractivity contribution in [3.8, 4) is 0 Å². The van der Waals surface area contributed by atoms with Gasteiger partial charge in [0.2, 0.25) is 0 Å². The van der Waals surface area contributed by atoms with Gasteiger partial charge in [-0.1, -0.05) is 6.92 Å². The number of rotatable bonds is 0. The minimum atomic E-state index is -0.112. The summed E-state index contributed by atoms with van der Waals surface area (Å²) < 4.78 is 6.18. The molecule has 1 aliphatic heterocycles. The van der Waals surface area contributed by atoms with E-state index in [0.717, 1.165) is 32.3 Å². The molecule has 3 nitrogen and oxygen atoms in total. The van der Waals surface area contributed by atoms with Crippen molar-refractivity contribution >= 4 is 5.78 Å². The highest BCUT2D eigenvalue weighted by atomic mass is 16.5. The number of fused-ring (bicyclic) bond motifs is 3. The van der Waals surface area contributed by atoms with Gasteiger partial charge in [0.1, 0.15) is 0 Å². The summed E-state index contributed by atoms with van der Waals surface area (Å²) in [6.07, 6.45) is 9.31. The summed E-state index contributed by atoms with van der Waals surface area (Å²) in [6, 6.07) is 0. The molecule has 3 heteroatoms. The van der Waals surface area contributed by atoms with Crippen molar-refractivity contribution in [1.29, 1.82) is 0 Å². The molecule has 0 aromatic heterocycles. The molecule has 0 unspecified atom stereocenters. The fourth-order valence-corrected chi connectivity index (χ4v) is 7.01. The molecule has 3 saturated carbocycles. The Balaban J connectivity index is 1.57. The van der Waals surface area contributed by atoms with Gasteiger partial charge in [0.15, 0.2) is 5.78 Å². The normalized spacial score (nSPS) is 56.2. The summed E-state index contributed by atoms with van der Waals surface area (Å²) in [7, 11) is 0. The van der Waals surface area contributed by atoms with Crippen LogP contribution in [0.4, 0.5) is 0 Å². The summed E-state index contributed by atoms with van der Waals surface area (Å²) in [5, 5.41) is 10.5. The second-order valence-corrected chi connectivity index (χ2v) is 8.77. The van der Waals surface area contributed by atoms with Gasteiger partial charge >= 0.3 is 0 Å². The maximum atomic E-state index is 11.9. The first-order valence-electron chi connectivity index (χ1n) is 9.09. The van der Waals surface area contributed by atoms with E-state index in [9.17, 15) is 9.90 Å². The number of aliphatic hydroxyl groups is 1. The number of hydrogen-bond donors (Lipinski definition) is 1. The van der Waals surface area contributed by atoms with E-state index in [1.165, 1.54) is 18.4 Å². The third-order valence-electron chi connectivity index (χ3n) is 8.18. The molecule has 1 saturated heterocycles. The number of ketones is 1. The van der Waals surface area contributed by atoms with Crippen molar-refractivity contribution in [2.45, 2.75) is 64.1 Å². The van der Waals surface area contributed by atoms with Gasteiger partial charge in [-0.2, -0.15) is 0 Å². The van der Waals surface area contributed by atoms with Gasteiger partial charge in [-0.3, -0.25) is 4.79 Å². The topological polar surface area (TPSA) is 46.5 Å². The highest BCUT2D eigenvalue weighted by Gasteiger charge is 2.64. The standard InChI is InChI=1S/C19H26O3/c1-18-6-5-14-12(13(18)2-3-17(18)21)9-16-15-8-11(20)4-7-19(14,15)10-22-16/h8,12-14,16-17,21H,2-7,9-10H2,1H3/t12-,13-,14-,16+,17-,18-,19-/m0/s1. The average Bonchev–Trinajstić information content (AvgIpc) is 2.94. The molecule has 0 amide bonds. The molecular formula is C19H26O3. The number of ether oxygens (including phenoxy) is 1. The van der Waals surface area contributed by atoms with Crippen molar-refractivity contribution in [3.05, 3.63) is 11.6 Å². The van der Waals surface area contributed by atoms with E-state index >= 15 is 0 Å². The lowest BCUT2D eigenvalue weighted by Gasteiger charge is -2.56. The van der Waals surface area contributed by atoms with Crippen LogP contribution >= 0.6 is 0 Å². The van der Waals surface area contributed by atoms with Gasteiger partial charge in [0.25, 0.3) is 0 Å². The smallest absolute Gasteiger partial charge is 0.155 e. The molecule has 5 rings (SSSR count). The highest BCUT2D eigenvalue weighted by Crippen LogP contribution is 2.67. The Kier molecular flexibility index (Phi) is 2.65. The lowest BCUT2D eigenvalue weighted by molar-refractivity contribution is -0.117. The monoisotopic (exact) mass is 302 g/mol. The SMILES string of the molecule is C[C@]12CC[C@H]3[C@@H](C[C@H]4OC[C@@]35CCC(=O)C=C45)[C@@H]1CC[C@@H]2O. The first-order valence-corrected chi connectivity index (χ1v) is 9.09. The van der Waals surface area contributed by atoms with Crippen LogP contribution in [0.2, 0.25) is 0 Å². The number of carbonyl (C=O) groups is 1. The molecule has 1 heterocycles. The predicted molar refractivity (Wildman–Crippen MR) is 82.2 cm³/mol. The molecule has 22 heavy (non-hydrogen) atoms. The average molecular weight is 302 g/mol. The van der Waals surface area contributed by atoms with E-state index in [2.05, 4.69) is 6.92 Å².